The Bertz CT molecular complexity index is 443. The van der Waals surface area contributed by atoms with E-state index >= 15 is 0 Å². The van der Waals surface area contributed by atoms with Crippen LogP contribution in [-0.2, 0) is 15.1 Å². The van der Waals surface area contributed by atoms with Gasteiger partial charge in [0.1, 0.15) is 5.60 Å². The summed E-state index contributed by atoms with van der Waals surface area (Å²) in [6.45, 7) is 5.92. The van der Waals surface area contributed by atoms with Crippen LogP contribution in [-0.4, -0.2) is 31.0 Å². The van der Waals surface area contributed by atoms with Gasteiger partial charge in [-0.2, -0.15) is 0 Å². The lowest BCUT2D eigenvalue weighted by Gasteiger charge is -2.45. The molecule has 1 heterocycles. The molecule has 1 aromatic carbocycles. The molecule has 0 aromatic heterocycles. The molecule has 4 heteroatoms. The number of carbonyl (C=O) groups is 1. The van der Waals surface area contributed by atoms with Gasteiger partial charge in [-0.25, -0.2) is 0 Å². The lowest BCUT2D eigenvalue weighted by molar-refractivity contribution is -0.174. The molecule has 0 radical (unpaired) electrons. The number of hydrogen-bond donors (Lipinski definition) is 0. The third kappa shape index (κ3) is 3.33. The van der Waals surface area contributed by atoms with Crippen molar-refractivity contribution in [3.05, 3.63) is 35.9 Å². The lowest BCUT2D eigenvalue weighted by Crippen LogP contribution is -3.00. The molecule has 3 nitrogen and oxygen atoms in total. The van der Waals surface area contributed by atoms with Crippen LogP contribution in [0.15, 0.2) is 30.3 Å². The largest absolute Gasteiger partial charge is 1.00 e. The normalized spacial score (nSPS) is 26.6. The van der Waals surface area contributed by atoms with Crippen LogP contribution in [0.5, 0.6) is 0 Å². The molecular weight excluding hydrogens is 274 g/mol. The zero-order chi connectivity index (χ0) is 13.9. The smallest absolute Gasteiger partial charge is 1.00 e. The fraction of sp³-hybridized carbons (Fsp3) is 0.562. The van der Waals surface area contributed by atoms with Gasteiger partial charge in [-0.1, -0.05) is 44.2 Å². The lowest BCUT2D eigenvalue weighted by atomic mass is 9.76. The van der Waals surface area contributed by atoms with Crippen LogP contribution in [0.2, 0.25) is 0 Å². The van der Waals surface area contributed by atoms with Gasteiger partial charge in [0.25, 0.3) is 0 Å². The summed E-state index contributed by atoms with van der Waals surface area (Å²) in [5, 5.41) is 0. The number of esters is 1. The zero-order valence-corrected chi connectivity index (χ0v) is 13.2. The molecule has 20 heavy (non-hydrogen) atoms. The highest BCUT2D eigenvalue weighted by Gasteiger charge is 2.44. The van der Waals surface area contributed by atoms with Crippen LogP contribution in [0.3, 0.4) is 0 Å². The van der Waals surface area contributed by atoms with Gasteiger partial charge in [0.2, 0.25) is 0 Å². The number of ether oxygens (including phenoxy) is 1. The zero-order valence-electron chi connectivity index (χ0n) is 13.4. The van der Waals surface area contributed by atoms with E-state index in [0.717, 1.165) is 25.1 Å². The topological polar surface area (TPSA) is 29.5 Å². The Morgan fingerprint density at radius 2 is 2.10 bits per heavy atom. The highest BCUT2D eigenvalue weighted by atomic mass is 35.5. The molecule has 1 aliphatic heterocycles. The van der Waals surface area contributed by atoms with E-state index < -0.39 is 5.60 Å². The first kappa shape index (κ1) is 17.0. The summed E-state index contributed by atoms with van der Waals surface area (Å²) in [6.07, 6.45) is 1.29. The summed E-state index contributed by atoms with van der Waals surface area (Å²) in [7, 11) is 2.12. The molecule has 1 saturated heterocycles. The van der Waals surface area contributed by atoms with E-state index in [-0.39, 0.29) is 19.8 Å². The standard InChI is InChI=1S/C16H23NO2.ClH/c1-4-15(18)19-16(14-8-6-5-7-9-14)10-11-17(3)12-13(16)2;/h5-9,13H,4,10-12H2,1-3H3;1H/t13-,16+;/m0./s1. The second-order valence-electron chi connectivity index (χ2n) is 5.50. The van der Waals surface area contributed by atoms with E-state index in [1.54, 1.807) is 0 Å². The highest BCUT2D eigenvalue weighted by molar-refractivity contribution is 5.69. The summed E-state index contributed by atoms with van der Waals surface area (Å²) in [5.74, 6) is 0.185. The van der Waals surface area contributed by atoms with Crippen molar-refractivity contribution in [1.29, 1.82) is 0 Å². The molecule has 1 fully saturated rings. The summed E-state index contributed by atoms with van der Waals surface area (Å²) in [6, 6.07) is 10.2. The molecule has 2 atom stereocenters. The van der Waals surface area contributed by atoms with Gasteiger partial charge >= 0.3 is 7.40 Å². The maximum atomic E-state index is 11.8. The van der Waals surface area contributed by atoms with Gasteiger partial charge in [-0.05, 0) is 12.6 Å². The number of halogens is 1. The van der Waals surface area contributed by atoms with Crippen molar-refractivity contribution in [2.45, 2.75) is 32.3 Å². The fourth-order valence-corrected chi connectivity index (χ4v) is 2.94. The van der Waals surface area contributed by atoms with Crippen molar-refractivity contribution >= 4 is 5.97 Å². The minimum atomic E-state index is -0.457. The van der Waals surface area contributed by atoms with Gasteiger partial charge in [-0.15, -0.1) is 0 Å². The molecule has 0 saturated carbocycles. The third-order valence-corrected chi connectivity index (χ3v) is 4.09. The molecule has 1 aromatic rings. The number of rotatable bonds is 3. The van der Waals surface area contributed by atoms with Crippen molar-refractivity contribution in [1.82, 2.24) is 4.90 Å². The molecule has 0 bridgehead atoms. The summed E-state index contributed by atoms with van der Waals surface area (Å²) >= 11 is 0. The van der Waals surface area contributed by atoms with E-state index in [2.05, 4.69) is 31.0 Å². The van der Waals surface area contributed by atoms with E-state index in [0.29, 0.717) is 12.3 Å². The number of benzene rings is 1. The van der Waals surface area contributed by atoms with Gasteiger partial charge in [0.15, 0.2) is 0 Å². The highest BCUT2D eigenvalue weighted by Crippen LogP contribution is 2.40. The molecule has 2 rings (SSSR count). The molecule has 0 amide bonds. The second-order valence-corrected chi connectivity index (χ2v) is 5.50. The second kappa shape index (κ2) is 7.09. The van der Waals surface area contributed by atoms with Crippen molar-refractivity contribution in [3.63, 3.8) is 0 Å². The van der Waals surface area contributed by atoms with E-state index in [4.69, 9.17) is 4.74 Å². The van der Waals surface area contributed by atoms with Crippen molar-refractivity contribution < 1.29 is 23.4 Å². The molecule has 0 aliphatic carbocycles. The number of likely N-dealkylation sites (tertiary alicyclic amines) is 1. The average Bonchev–Trinajstić information content (AvgIpc) is 2.43. The molecule has 0 unspecified atom stereocenters. The van der Waals surface area contributed by atoms with Crippen LogP contribution in [0.4, 0.5) is 0 Å². The number of hydrogen-bond acceptors (Lipinski definition) is 3. The van der Waals surface area contributed by atoms with Gasteiger partial charge in [0.05, 0.1) is 0 Å². The maximum Gasteiger partial charge on any atom is 1.00 e. The Morgan fingerprint density at radius 1 is 1.45 bits per heavy atom. The fourth-order valence-electron chi connectivity index (χ4n) is 2.94. The molecule has 0 spiro atoms. The van der Waals surface area contributed by atoms with E-state index in [1.165, 1.54) is 0 Å². The predicted molar refractivity (Wildman–Crippen MR) is 76.9 cm³/mol. The minimum absolute atomic E-state index is 0. The number of piperidine rings is 1. The number of nitrogens with zero attached hydrogens (tertiary/aromatic N) is 1. The van der Waals surface area contributed by atoms with Gasteiger partial charge in [0, 0.05) is 31.8 Å². The van der Waals surface area contributed by atoms with Crippen molar-refractivity contribution in [2.75, 3.05) is 20.1 Å². The summed E-state index contributed by atoms with van der Waals surface area (Å²) < 4.78 is 5.91. The summed E-state index contributed by atoms with van der Waals surface area (Å²) in [4.78, 5) is 14.1. The first-order valence-electron chi connectivity index (χ1n) is 7.04. The Balaban J connectivity index is 0.00000200. The van der Waals surface area contributed by atoms with Crippen LogP contribution < -0.4 is 12.4 Å². The van der Waals surface area contributed by atoms with E-state index in [1.807, 2.05) is 25.1 Å². The van der Waals surface area contributed by atoms with Crippen LogP contribution in [0, 0.1) is 5.92 Å². The van der Waals surface area contributed by atoms with Crippen LogP contribution in [0.25, 0.3) is 0 Å². The Labute approximate surface area is 129 Å². The van der Waals surface area contributed by atoms with E-state index in [9.17, 15) is 4.79 Å². The first-order chi connectivity index (χ1) is 9.08. The number of carbonyl (C=O) groups excluding carboxylic acids is 1. The minimum Gasteiger partial charge on any atom is -1.00 e. The monoisotopic (exact) mass is 297 g/mol. The Kier molecular flexibility index (Phi) is 6.03. The van der Waals surface area contributed by atoms with Gasteiger partial charge < -0.3 is 22.0 Å². The first-order valence-corrected chi connectivity index (χ1v) is 7.04. The van der Waals surface area contributed by atoms with Crippen molar-refractivity contribution in [3.8, 4) is 0 Å². The quantitative estimate of drug-likeness (QED) is 0.731. The molecule has 0 N–H and O–H groups in total. The van der Waals surface area contributed by atoms with Crippen molar-refractivity contribution in [2.24, 2.45) is 5.92 Å². The van der Waals surface area contributed by atoms with Crippen LogP contribution >= 0.6 is 0 Å². The molecule has 112 valence electrons. The SMILES string of the molecule is CCC(=O)O[C@]1(c2ccccc2)CCN(C)C[C@@H]1C.[Cl-].[H+]. The average molecular weight is 298 g/mol. The predicted octanol–water partition coefficient (Wildman–Crippen LogP) is -0.0768. The Hall–Kier alpha value is -1.06. The van der Waals surface area contributed by atoms with Gasteiger partial charge in [-0.3, -0.25) is 4.79 Å². The summed E-state index contributed by atoms with van der Waals surface area (Å²) in [5.41, 5.74) is 0.665. The molecule has 1 aliphatic rings. The molecular formula is C16H24ClNO2. The third-order valence-electron chi connectivity index (χ3n) is 4.09. The maximum absolute atomic E-state index is 11.8. The Morgan fingerprint density at radius 3 is 2.65 bits per heavy atom. The van der Waals surface area contributed by atoms with Crippen LogP contribution in [0.1, 0.15) is 33.7 Å².